The van der Waals surface area contributed by atoms with E-state index >= 15 is 0 Å². The van der Waals surface area contributed by atoms with Crippen LogP contribution in [0.1, 0.15) is 11.1 Å². The van der Waals surface area contributed by atoms with E-state index in [0.717, 1.165) is 15.7 Å². The van der Waals surface area contributed by atoms with Crippen LogP contribution in [0.25, 0.3) is 0 Å². The highest BCUT2D eigenvalue weighted by Gasteiger charge is 2.02. The Morgan fingerprint density at radius 2 is 1.77 bits per heavy atom. The average molecular weight is 466 g/mol. The van der Waals surface area contributed by atoms with Gasteiger partial charge in [-0.15, -0.1) is 0 Å². The molecule has 3 aromatic carbocycles. The molecule has 0 saturated heterocycles. The molecule has 0 fully saturated rings. The quantitative estimate of drug-likeness (QED) is 0.246. The molecule has 7 nitrogen and oxygen atoms in total. The summed E-state index contributed by atoms with van der Waals surface area (Å²) >= 11 is 3.39. The number of rotatable bonds is 7. The summed E-state index contributed by atoms with van der Waals surface area (Å²) in [6.45, 7) is 2.07. The van der Waals surface area contributed by atoms with Gasteiger partial charge in [-0.25, -0.2) is 5.43 Å². The number of nitrogens with zero attached hydrogens (tertiary/aromatic N) is 3. The third-order valence-corrected chi connectivity index (χ3v) is 4.49. The average Bonchev–Trinajstić information content (AvgIpc) is 2.74. The lowest BCUT2D eigenvalue weighted by atomic mass is 10.2. The van der Waals surface area contributed by atoms with Crippen molar-refractivity contribution in [2.45, 2.75) is 6.92 Å². The number of anilines is 1. The van der Waals surface area contributed by atoms with Crippen molar-refractivity contribution in [1.82, 2.24) is 5.43 Å². The van der Waals surface area contributed by atoms with Crippen molar-refractivity contribution in [2.75, 3.05) is 11.9 Å². The van der Waals surface area contributed by atoms with Crippen molar-refractivity contribution >= 4 is 45.1 Å². The van der Waals surface area contributed by atoms with Gasteiger partial charge in [0.25, 0.3) is 5.91 Å². The summed E-state index contributed by atoms with van der Waals surface area (Å²) < 4.78 is 0.907. The van der Waals surface area contributed by atoms with Crippen molar-refractivity contribution < 1.29 is 9.90 Å². The van der Waals surface area contributed by atoms with Gasteiger partial charge in [-0.05, 0) is 55.5 Å². The summed E-state index contributed by atoms with van der Waals surface area (Å²) in [5, 5.41) is 25.2. The van der Waals surface area contributed by atoms with Gasteiger partial charge >= 0.3 is 0 Å². The van der Waals surface area contributed by atoms with Gasteiger partial charge in [0.1, 0.15) is 5.75 Å². The molecular formula is C22H20BrN5O2. The molecule has 8 heteroatoms. The second-order valence-electron chi connectivity index (χ2n) is 6.44. The van der Waals surface area contributed by atoms with E-state index < -0.39 is 0 Å². The van der Waals surface area contributed by atoms with Crippen LogP contribution in [0.2, 0.25) is 0 Å². The fourth-order valence-electron chi connectivity index (χ4n) is 2.43. The lowest BCUT2D eigenvalue weighted by Gasteiger charge is -2.05. The van der Waals surface area contributed by atoms with Crippen molar-refractivity contribution in [2.24, 2.45) is 15.3 Å². The molecule has 0 atom stereocenters. The van der Waals surface area contributed by atoms with Crippen molar-refractivity contribution in [3.8, 4) is 5.75 Å². The standard InChI is InChI=1S/C22H20BrN5O2/c1-15-5-7-18(8-6-15)24-14-22(30)28-25-13-16-11-20(9-10-21(16)29)27-26-19-4-2-3-17(23)12-19/h2-13,24,29H,14H2,1H3,(H,28,30). The predicted octanol–water partition coefficient (Wildman–Crippen LogP) is 5.44. The van der Waals surface area contributed by atoms with E-state index in [1.165, 1.54) is 12.3 Å². The Hall–Kier alpha value is -3.52. The highest BCUT2D eigenvalue weighted by atomic mass is 79.9. The molecule has 0 aliphatic heterocycles. The van der Waals surface area contributed by atoms with Crippen LogP contribution in [-0.2, 0) is 4.79 Å². The van der Waals surface area contributed by atoms with E-state index in [1.54, 1.807) is 12.1 Å². The molecule has 0 aromatic heterocycles. The third kappa shape index (κ3) is 6.52. The van der Waals surface area contributed by atoms with Crippen LogP contribution in [0.4, 0.5) is 17.1 Å². The highest BCUT2D eigenvalue weighted by molar-refractivity contribution is 9.10. The molecule has 0 heterocycles. The Kier molecular flexibility index (Phi) is 7.29. The van der Waals surface area contributed by atoms with E-state index in [0.29, 0.717) is 16.9 Å². The molecule has 3 aromatic rings. The van der Waals surface area contributed by atoms with Gasteiger partial charge < -0.3 is 10.4 Å². The number of phenols is 1. The number of hydrogen-bond donors (Lipinski definition) is 3. The summed E-state index contributed by atoms with van der Waals surface area (Å²) in [5.41, 5.74) is 6.06. The van der Waals surface area contributed by atoms with Crippen LogP contribution >= 0.6 is 15.9 Å². The number of halogens is 1. The Morgan fingerprint density at radius 3 is 2.50 bits per heavy atom. The van der Waals surface area contributed by atoms with Crippen LogP contribution in [0.5, 0.6) is 5.75 Å². The van der Waals surface area contributed by atoms with Crippen LogP contribution in [0.15, 0.2) is 86.5 Å². The number of aromatic hydroxyl groups is 1. The minimum Gasteiger partial charge on any atom is -0.507 e. The zero-order valence-corrected chi connectivity index (χ0v) is 17.8. The monoisotopic (exact) mass is 465 g/mol. The van der Waals surface area contributed by atoms with Crippen molar-refractivity contribution in [3.05, 3.63) is 82.3 Å². The van der Waals surface area contributed by atoms with Gasteiger partial charge in [0.15, 0.2) is 0 Å². The number of carbonyl (C=O) groups is 1. The molecule has 1 amide bonds. The number of aryl methyl sites for hydroxylation is 1. The van der Waals surface area contributed by atoms with Gasteiger partial charge in [0.05, 0.1) is 24.1 Å². The first-order valence-electron chi connectivity index (χ1n) is 9.12. The molecule has 0 radical (unpaired) electrons. The number of amides is 1. The number of phenolic OH excluding ortho intramolecular Hbond substituents is 1. The van der Waals surface area contributed by atoms with Gasteiger partial charge in [0.2, 0.25) is 0 Å². The first-order chi connectivity index (χ1) is 14.5. The smallest absolute Gasteiger partial charge is 0.259 e. The maximum Gasteiger partial charge on any atom is 0.259 e. The second kappa shape index (κ2) is 10.3. The van der Waals surface area contributed by atoms with Gasteiger partial charge in [-0.3, -0.25) is 4.79 Å². The van der Waals surface area contributed by atoms with E-state index in [2.05, 4.69) is 42.0 Å². The Balaban J connectivity index is 1.57. The maximum absolute atomic E-state index is 11.9. The minimum atomic E-state index is -0.309. The van der Waals surface area contributed by atoms with Crippen LogP contribution in [0, 0.1) is 6.92 Å². The van der Waals surface area contributed by atoms with Gasteiger partial charge in [-0.2, -0.15) is 15.3 Å². The number of benzene rings is 3. The molecule has 0 spiro atoms. The zero-order valence-electron chi connectivity index (χ0n) is 16.2. The molecule has 0 saturated carbocycles. The van der Waals surface area contributed by atoms with Crippen molar-refractivity contribution in [1.29, 1.82) is 0 Å². The summed E-state index contributed by atoms with van der Waals surface area (Å²) in [6, 6.07) is 19.9. The molecule has 3 N–H and O–H groups in total. The minimum absolute atomic E-state index is 0.0205. The molecule has 0 aliphatic rings. The topological polar surface area (TPSA) is 98.4 Å². The Labute approximate surface area is 182 Å². The second-order valence-corrected chi connectivity index (χ2v) is 7.35. The summed E-state index contributed by atoms with van der Waals surface area (Å²) in [7, 11) is 0. The first kappa shape index (κ1) is 21.2. The molecule has 0 aliphatic carbocycles. The van der Waals surface area contributed by atoms with E-state index in [9.17, 15) is 9.90 Å². The number of hydrazone groups is 1. The van der Waals surface area contributed by atoms with Crippen molar-refractivity contribution in [3.63, 3.8) is 0 Å². The fourth-order valence-corrected chi connectivity index (χ4v) is 2.82. The Bertz CT molecular complexity index is 1080. The molecular weight excluding hydrogens is 446 g/mol. The molecule has 0 bridgehead atoms. The molecule has 152 valence electrons. The summed E-state index contributed by atoms with van der Waals surface area (Å²) in [5.74, 6) is -0.288. The molecule has 0 unspecified atom stereocenters. The van der Waals surface area contributed by atoms with Crippen LogP contribution in [-0.4, -0.2) is 23.8 Å². The van der Waals surface area contributed by atoms with E-state index in [1.807, 2.05) is 55.5 Å². The lowest BCUT2D eigenvalue weighted by molar-refractivity contribution is -0.119. The van der Waals surface area contributed by atoms with E-state index in [-0.39, 0.29) is 18.2 Å². The van der Waals surface area contributed by atoms with Gasteiger partial charge in [0, 0.05) is 15.7 Å². The molecule has 3 rings (SSSR count). The summed E-state index contributed by atoms with van der Waals surface area (Å²) in [6.07, 6.45) is 1.36. The number of hydrogen-bond acceptors (Lipinski definition) is 6. The zero-order chi connectivity index (χ0) is 21.3. The van der Waals surface area contributed by atoms with Crippen LogP contribution in [0.3, 0.4) is 0 Å². The highest BCUT2D eigenvalue weighted by Crippen LogP contribution is 2.25. The third-order valence-electron chi connectivity index (χ3n) is 4.00. The Morgan fingerprint density at radius 1 is 1.03 bits per heavy atom. The normalized spacial score (nSPS) is 11.1. The maximum atomic E-state index is 11.9. The fraction of sp³-hybridized carbons (Fsp3) is 0.0909. The van der Waals surface area contributed by atoms with E-state index in [4.69, 9.17) is 0 Å². The van der Waals surface area contributed by atoms with Gasteiger partial charge in [-0.1, -0.05) is 39.7 Å². The number of carbonyl (C=O) groups excluding carboxylic acids is 1. The first-order valence-corrected chi connectivity index (χ1v) is 9.92. The lowest BCUT2D eigenvalue weighted by Crippen LogP contribution is -2.25. The largest absolute Gasteiger partial charge is 0.507 e. The number of nitrogens with one attached hydrogen (secondary N) is 2. The molecule has 30 heavy (non-hydrogen) atoms. The van der Waals surface area contributed by atoms with Crippen LogP contribution < -0.4 is 10.7 Å². The SMILES string of the molecule is Cc1ccc(NCC(=O)NN=Cc2cc(N=Nc3cccc(Br)c3)ccc2O)cc1. The predicted molar refractivity (Wildman–Crippen MR) is 122 cm³/mol. The number of azo groups is 1. The summed E-state index contributed by atoms with van der Waals surface area (Å²) in [4.78, 5) is 11.9.